The summed E-state index contributed by atoms with van der Waals surface area (Å²) in [6.07, 6.45) is 3.70. The quantitative estimate of drug-likeness (QED) is 0.798. The summed E-state index contributed by atoms with van der Waals surface area (Å²) in [7, 11) is 0.779. The number of hydrogen-bond acceptors (Lipinski definition) is 3. The minimum absolute atomic E-state index is 0.221. The van der Waals surface area contributed by atoms with Gasteiger partial charge in [0.05, 0.1) is 11.2 Å². The highest BCUT2D eigenvalue weighted by molar-refractivity contribution is 6.62. The van der Waals surface area contributed by atoms with E-state index in [9.17, 15) is 0 Å². The third kappa shape index (κ3) is 2.65. The molecule has 3 nitrogen and oxygen atoms in total. The second kappa shape index (κ2) is 5.51. The van der Waals surface area contributed by atoms with Crippen LogP contribution in [-0.2, 0) is 22.2 Å². The van der Waals surface area contributed by atoms with Crippen LogP contribution in [-0.4, -0.2) is 30.5 Å². The Kier molecular flexibility index (Phi) is 4.28. The van der Waals surface area contributed by atoms with E-state index in [-0.39, 0.29) is 18.3 Å². The molecule has 0 spiro atoms. The van der Waals surface area contributed by atoms with E-state index >= 15 is 0 Å². The van der Waals surface area contributed by atoms with Crippen LogP contribution in [0.4, 0.5) is 0 Å². The summed E-state index contributed by atoms with van der Waals surface area (Å²) in [5, 5.41) is 7.00. The molecule has 1 aliphatic heterocycles. The molecular formula is C16H25BO3. The first-order valence-electron chi connectivity index (χ1n) is 7.31. The number of aliphatic hydroxyl groups excluding tert-OH is 1. The fraction of sp³-hybridized carbons (Fsp3) is 0.625. The Morgan fingerprint density at radius 3 is 2.10 bits per heavy atom. The first-order valence-corrected chi connectivity index (χ1v) is 7.31. The molecule has 1 saturated heterocycles. The van der Waals surface area contributed by atoms with Gasteiger partial charge >= 0.3 is 7.12 Å². The number of rotatable bonds is 1. The van der Waals surface area contributed by atoms with E-state index in [1.807, 2.05) is 0 Å². The molecule has 20 heavy (non-hydrogen) atoms. The predicted molar refractivity (Wildman–Crippen MR) is 82.3 cm³/mol. The van der Waals surface area contributed by atoms with Gasteiger partial charge in [0.15, 0.2) is 0 Å². The molecule has 2 aliphatic rings. The lowest BCUT2D eigenvalue weighted by Crippen LogP contribution is -2.41. The van der Waals surface area contributed by atoms with Crippen molar-refractivity contribution < 1.29 is 14.4 Å². The van der Waals surface area contributed by atoms with Gasteiger partial charge in [0.1, 0.15) is 0 Å². The Morgan fingerprint density at radius 2 is 1.50 bits per heavy atom. The van der Waals surface area contributed by atoms with Gasteiger partial charge in [-0.15, -0.1) is 0 Å². The Bertz CT molecular complexity index is 467. The van der Waals surface area contributed by atoms with Crippen LogP contribution in [0.25, 0.3) is 0 Å². The van der Waals surface area contributed by atoms with Crippen molar-refractivity contribution in [2.24, 2.45) is 0 Å². The van der Waals surface area contributed by atoms with Gasteiger partial charge in [-0.1, -0.05) is 18.2 Å². The van der Waals surface area contributed by atoms with Crippen LogP contribution in [0.5, 0.6) is 0 Å². The molecule has 0 atom stereocenters. The first-order chi connectivity index (χ1) is 9.39. The van der Waals surface area contributed by atoms with Crippen molar-refractivity contribution in [2.45, 2.75) is 58.2 Å². The summed E-state index contributed by atoms with van der Waals surface area (Å²) >= 11 is 0. The van der Waals surface area contributed by atoms with Crippen molar-refractivity contribution in [1.29, 1.82) is 0 Å². The normalized spacial score (nSPS) is 22.2. The maximum absolute atomic E-state index is 7.00. The summed E-state index contributed by atoms with van der Waals surface area (Å²) in [5.74, 6) is 0. The number of fused-ring (bicyclic) bond motifs is 1. The van der Waals surface area contributed by atoms with Crippen molar-refractivity contribution in [1.82, 2.24) is 0 Å². The Hall–Kier alpha value is -0.835. The molecule has 1 heterocycles. The summed E-state index contributed by atoms with van der Waals surface area (Å²) in [4.78, 5) is 0. The summed E-state index contributed by atoms with van der Waals surface area (Å²) in [6, 6.07) is 6.67. The van der Waals surface area contributed by atoms with E-state index in [2.05, 4.69) is 45.9 Å². The Morgan fingerprint density at radius 1 is 0.950 bits per heavy atom. The van der Waals surface area contributed by atoms with Gasteiger partial charge in [0, 0.05) is 7.11 Å². The largest absolute Gasteiger partial charge is 0.494 e. The van der Waals surface area contributed by atoms with Gasteiger partial charge in [-0.25, -0.2) is 0 Å². The zero-order chi connectivity index (χ0) is 15.0. The molecule has 1 fully saturated rings. The van der Waals surface area contributed by atoms with Gasteiger partial charge in [0.25, 0.3) is 0 Å². The van der Waals surface area contributed by atoms with Crippen LogP contribution in [0.2, 0.25) is 0 Å². The smallest absolute Gasteiger partial charge is 0.400 e. The molecule has 3 rings (SSSR count). The maximum Gasteiger partial charge on any atom is 0.494 e. The third-order valence-electron chi connectivity index (χ3n) is 4.65. The highest BCUT2D eigenvalue weighted by Crippen LogP contribution is 2.36. The lowest BCUT2D eigenvalue weighted by molar-refractivity contribution is 0.00578. The van der Waals surface area contributed by atoms with E-state index in [0.29, 0.717) is 0 Å². The van der Waals surface area contributed by atoms with E-state index in [1.165, 1.54) is 30.4 Å². The van der Waals surface area contributed by atoms with Gasteiger partial charge in [-0.2, -0.15) is 0 Å². The monoisotopic (exact) mass is 276 g/mol. The molecule has 0 aromatic heterocycles. The highest BCUT2D eigenvalue weighted by Gasteiger charge is 2.51. The number of hydrogen-bond donors (Lipinski definition) is 1. The van der Waals surface area contributed by atoms with Crippen LogP contribution < -0.4 is 5.46 Å². The molecule has 1 N–H and O–H groups in total. The second-order valence-corrected chi connectivity index (χ2v) is 6.47. The van der Waals surface area contributed by atoms with E-state index < -0.39 is 0 Å². The van der Waals surface area contributed by atoms with Crippen molar-refractivity contribution in [2.75, 3.05) is 7.11 Å². The third-order valence-corrected chi connectivity index (χ3v) is 4.65. The Labute approximate surface area is 122 Å². The van der Waals surface area contributed by atoms with E-state index in [1.54, 1.807) is 0 Å². The van der Waals surface area contributed by atoms with Crippen LogP contribution in [0, 0.1) is 0 Å². The Balaban J connectivity index is 0.000000704. The van der Waals surface area contributed by atoms with Crippen molar-refractivity contribution >= 4 is 12.6 Å². The lowest BCUT2D eigenvalue weighted by atomic mass is 9.78. The minimum atomic E-state index is -0.253. The van der Waals surface area contributed by atoms with Gasteiger partial charge in [-0.3, -0.25) is 0 Å². The molecular weight excluding hydrogens is 251 g/mol. The molecule has 0 unspecified atom stereocenters. The van der Waals surface area contributed by atoms with Crippen LogP contribution in [0.15, 0.2) is 18.2 Å². The molecule has 0 bridgehead atoms. The standard InChI is InChI=1S/C15H21BO2.CH4O/c1-14(2)15(3,4)18-16(17-14)13-9-8-11-6-5-7-12(11)10-13;1-2/h8-10H,5-7H2,1-4H3;2H,1H3. The average Bonchev–Trinajstić information content (AvgIpc) is 2.94. The van der Waals surface area contributed by atoms with E-state index in [4.69, 9.17) is 14.4 Å². The van der Waals surface area contributed by atoms with Crippen LogP contribution >= 0.6 is 0 Å². The summed E-state index contributed by atoms with van der Waals surface area (Å²) in [6.45, 7) is 8.39. The topological polar surface area (TPSA) is 38.7 Å². The molecule has 1 aromatic rings. The number of aliphatic hydroxyl groups is 1. The van der Waals surface area contributed by atoms with Crippen molar-refractivity contribution in [3.8, 4) is 0 Å². The van der Waals surface area contributed by atoms with Gasteiger partial charge < -0.3 is 14.4 Å². The minimum Gasteiger partial charge on any atom is -0.400 e. The summed E-state index contributed by atoms with van der Waals surface area (Å²) in [5.41, 5.74) is 3.62. The molecule has 110 valence electrons. The predicted octanol–water partition coefficient (Wildman–Crippen LogP) is 2.08. The van der Waals surface area contributed by atoms with Gasteiger partial charge in [-0.05, 0) is 63.5 Å². The zero-order valence-corrected chi connectivity index (χ0v) is 13.2. The van der Waals surface area contributed by atoms with Crippen LogP contribution in [0.1, 0.15) is 45.2 Å². The van der Waals surface area contributed by atoms with Crippen molar-refractivity contribution in [3.63, 3.8) is 0 Å². The second-order valence-electron chi connectivity index (χ2n) is 6.47. The molecule has 1 aromatic carbocycles. The maximum atomic E-state index is 7.00. The molecule has 1 aliphatic carbocycles. The fourth-order valence-electron chi connectivity index (χ4n) is 2.72. The first kappa shape index (κ1) is 15.6. The molecule has 0 saturated carbocycles. The summed E-state index contributed by atoms with van der Waals surface area (Å²) < 4.78 is 12.2. The lowest BCUT2D eigenvalue weighted by Gasteiger charge is -2.32. The number of aryl methyl sites for hydroxylation is 2. The van der Waals surface area contributed by atoms with Crippen molar-refractivity contribution in [3.05, 3.63) is 29.3 Å². The molecule has 0 radical (unpaired) electrons. The zero-order valence-electron chi connectivity index (χ0n) is 13.2. The van der Waals surface area contributed by atoms with E-state index in [0.717, 1.165) is 12.6 Å². The molecule has 4 heteroatoms. The van der Waals surface area contributed by atoms with Crippen LogP contribution in [0.3, 0.4) is 0 Å². The average molecular weight is 276 g/mol. The molecule has 0 amide bonds. The fourth-order valence-corrected chi connectivity index (χ4v) is 2.72. The van der Waals surface area contributed by atoms with Gasteiger partial charge in [0.2, 0.25) is 0 Å². The SMILES string of the molecule is CC1(C)OB(c2ccc3c(c2)CCC3)OC1(C)C.CO. The number of benzene rings is 1. The highest BCUT2D eigenvalue weighted by atomic mass is 16.7.